The summed E-state index contributed by atoms with van der Waals surface area (Å²) in [4.78, 5) is 31.8. The fourth-order valence-electron chi connectivity index (χ4n) is 5.41. The number of amides is 2. The molecule has 5 heteroatoms. The van der Waals surface area contributed by atoms with Crippen molar-refractivity contribution < 1.29 is 9.59 Å². The fraction of sp³-hybridized carbons (Fsp3) is 0.556. The number of thiophene rings is 1. The quantitative estimate of drug-likeness (QED) is 0.512. The first-order valence-corrected chi connectivity index (χ1v) is 13.2. The first-order chi connectivity index (χ1) is 15.6. The van der Waals surface area contributed by atoms with Crippen molar-refractivity contribution in [3.63, 3.8) is 0 Å². The van der Waals surface area contributed by atoms with Gasteiger partial charge in [0.2, 0.25) is 11.8 Å². The van der Waals surface area contributed by atoms with Gasteiger partial charge < -0.3 is 9.80 Å². The van der Waals surface area contributed by atoms with Crippen LogP contribution in [-0.2, 0) is 16.0 Å². The van der Waals surface area contributed by atoms with Gasteiger partial charge in [-0.1, -0.05) is 56.9 Å². The molecule has 1 aromatic carbocycles. The van der Waals surface area contributed by atoms with Crippen molar-refractivity contribution >= 4 is 23.2 Å². The second-order valence-corrected chi connectivity index (χ2v) is 10.4. The molecule has 1 aliphatic carbocycles. The maximum Gasteiger partial charge on any atom is 0.242 e. The number of carbonyl (C=O) groups is 2. The predicted molar refractivity (Wildman–Crippen MR) is 131 cm³/mol. The van der Waals surface area contributed by atoms with Crippen molar-refractivity contribution in [1.29, 1.82) is 0 Å². The van der Waals surface area contributed by atoms with Gasteiger partial charge in [0.1, 0.15) is 0 Å². The minimum atomic E-state index is -0.0595. The highest BCUT2D eigenvalue weighted by Gasteiger charge is 2.34. The monoisotopic (exact) mass is 452 g/mol. The third-order valence-corrected chi connectivity index (χ3v) is 8.18. The van der Waals surface area contributed by atoms with E-state index in [-0.39, 0.29) is 24.4 Å². The summed E-state index contributed by atoms with van der Waals surface area (Å²) >= 11 is 1.79. The van der Waals surface area contributed by atoms with E-state index in [0.717, 1.165) is 19.3 Å². The second kappa shape index (κ2) is 10.7. The SMILES string of the molecule is CCCN(CC(=O)N1CCc2sccc2C1c1ccccc1C)C(=O)CCC1CCCC1. The van der Waals surface area contributed by atoms with E-state index >= 15 is 0 Å². The first kappa shape index (κ1) is 23.0. The molecule has 4 nitrogen and oxygen atoms in total. The van der Waals surface area contributed by atoms with Crippen LogP contribution in [0.5, 0.6) is 0 Å². The van der Waals surface area contributed by atoms with Gasteiger partial charge in [-0.25, -0.2) is 0 Å². The van der Waals surface area contributed by atoms with Crippen molar-refractivity contribution in [1.82, 2.24) is 9.80 Å². The van der Waals surface area contributed by atoms with E-state index in [1.807, 2.05) is 15.9 Å². The van der Waals surface area contributed by atoms with E-state index in [1.165, 1.54) is 47.3 Å². The fourth-order valence-corrected chi connectivity index (χ4v) is 6.32. The lowest BCUT2D eigenvalue weighted by atomic mass is 9.90. The van der Waals surface area contributed by atoms with Gasteiger partial charge in [-0.15, -0.1) is 11.3 Å². The van der Waals surface area contributed by atoms with Crippen LogP contribution in [0.3, 0.4) is 0 Å². The zero-order chi connectivity index (χ0) is 22.5. The van der Waals surface area contributed by atoms with Crippen molar-refractivity contribution in [2.75, 3.05) is 19.6 Å². The van der Waals surface area contributed by atoms with Crippen LogP contribution in [0.25, 0.3) is 0 Å². The molecular formula is C27H36N2O2S. The van der Waals surface area contributed by atoms with Crippen LogP contribution in [0, 0.1) is 12.8 Å². The lowest BCUT2D eigenvalue weighted by Crippen LogP contribution is -2.47. The lowest BCUT2D eigenvalue weighted by Gasteiger charge is -2.38. The average molecular weight is 453 g/mol. The summed E-state index contributed by atoms with van der Waals surface area (Å²) in [6, 6.07) is 10.5. The Hall–Kier alpha value is -2.14. The Morgan fingerprint density at radius 2 is 1.91 bits per heavy atom. The van der Waals surface area contributed by atoms with Gasteiger partial charge in [0.25, 0.3) is 0 Å². The maximum absolute atomic E-state index is 13.6. The molecule has 1 aromatic heterocycles. The van der Waals surface area contributed by atoms with Crippen molar-refractivity contribution in [3.8, 4) is 0 Å². The van der Waals surface area contributed by atoms with Crippen LogP contribution < -0.4 is 0 Å². The number of benzene rings is 1. The van der Waals surface area contributed by atoms with Gasteiger partial charge in [0, 0.05) is 24.4 Å². The van der Waals surface area contributed by atoms with Crippen LogP contribution >= 0.6 is 11.3 Å². The third-order valence-electron chi connectivity index (χ3n) is 7.18. The number of nitrogens with zero attached hydrogens (tertiary/aromatic N) is 2. The Morgan fingerprint density at radius 1 is 1.12 bits per heavy atom. The minimum Gasteiger partial charge on any atom is -0.333 e. The average Bonchev–Trinajstić information content (AvgIpc) is 3.49. The molecule has 2 amide bonds. The number of hydrogen-bond acceptors (Lipinski definition) is 3. The van der Waals surface area contributed by atoms with Gasteiger partial charge in [0.15, 0.2) is 0 Å². The summed E-state index contributed by atoms with van der Waals surface area (Å²) in [6.45, 7) is 5.76. The molecule has 1 unspecified atom stereocenters. The van der Waals surface area contributed by atoms with Crippen LogP contribution in [-0.4, -0.2) is 41.2 Å². The molecule has 2 aromatic rings. The molecule has 0 bridgehead atoms. The minimum absolute atomic E-state index is 0.0595. The van der Waals surface area contributed by atoms with Crippen molar-refractivity contribution in [2.24, 2.45) is 5.92 Å². The van der Waals surface area contributed by atoms with E-state index in [4.69, 9.17) is 0 Å². The number of hydrogen-bond donors (Lipinski definition) is 0. The molecule has 4 rings (SSSR count). The Balaban J connectivity index is 1.50. The Bertz CT molecular complexity index is 931. The topological polar surface area (TPSA) is 40.6 Å². The largest absolute Gasteiger partial charge is 0.333 e. The highest BCUT2D eigenvalue weighted by atomic mass is 32.1. The summed E-state index contributed by atoms with van der Waals surface area (Å²) in [5.41, 5.74) is 3.64. The van der Waals surface area contributed by atoms with E-state index in [1.54, 1.807) is 11.3 Å². The lowest BCUT2D eigenvalue weighted by molar-refractivity contribution is -0.142. The highest BCUT2D eigenvalue weighted by Crippen LogP contribution is 2.39. The number of aryl methyl sites for hydroxylation is 1. The molecule has 0 N–H and O–H groups in total. The molecule has 2 aliphatic rings. The Labute approximate surface area is 196 Å². The number of rotatable bonds is 8. The molecule has 1 fully saturated rings. The molecular weight excluding hydrogens is 416 g/mol. The molecule has 1 atom stereocenters. The standard InChI is InChI=1S/C27H36N2O2S/c1-3-16-28(25(30)13-12-21-9-5-6-10-21)19-26(31)29-17-14-24-23(15-18-32-24)27(29)22-11-7-4-8-20(22)2/h4,7-8,11,15,18,21,27H,3,5-6,9-10,12-14,16-17,19H2,1-2H3. The van der Waals surface area contributed by atoms with Gasteiger partial charge >= 0.3 is 0 Å². The van der Waals surface area contributed by atoms with Crippen LogP contribution in [0.2, 0.25) is 0 Å². The van der Waals surface area contributed by atoms with Crippen LogP contribution in [0.1, 0.15) is 79.5 Å². The Kier molecular flexibility index (Phi) is 7.67. The molecule has 0 radical (unpaired) electrons. The van der Waals surface area contributed by atoms with Gasteiger partial charge in [0.05, 0.1) is 12.6 Å². The zero-order valence-electron chi connectivity index (χ0n) is 19.5. The molecule has 1 saturated carbocycles. The first-order valence-electron chi connectivity index (χ1n) is 12.3. The van der Waals surface area contributed by atoms with Gasteiger partial charge in [-0.3, -0.25) is 9.59 Å². The van der Waals surface area contributed by atoms with Crippen molar-refractivity contribution in [3.05, 3.63) is 57.3 Å². The summed E-state index contributed by atoms with van der Waals surface area (Å²) in [7, 11) is 0. The Morgan fingerprint density at radius 3 is 2.66 bits per heavy atom. The van der Waals surface area contributed by atoms with Gasteiger partial charge in [-0.05, 0) is 60.2 Å². The van der Waals surface area contributed by atoms with E-state index < -0.39 is 0 Å². The second-order valence-electron chi connectivity index (χ2n) is 9.40. The molecule has 172 valence electrons. The summed E-state index contributed by atoms with van der Waals surface area (Å²) < 4.78 is 0. The van der Waals surface area contributed by atoms with E-state index in [9.17, 15) is 9.59 Å². The molecule has 1 aliphatic heterocycles. The number of fused-ring (bicyclic) bond motifs is 1. The van der Waals surface area contributed by atoms with E-state index in [0.29, 0.717) is 25.4 Å². The predicted octanol–water partition coefficient (Wildman–Crippen LogP) is 5.74. The molecule has 32 heavy (non-hydrogen) atoms. The third kappa shape index (κ3) is 5.09. The maximum atomic E-state index is 13.6. The molecule has 0 spiro atoms. The number of carbonyl (C=O) groups excluding carboxylic acids is 2. The highest BCUT2D eigenvalue weighted by molar-refractivity contribution is 7.10. The summed E-state index contributed by atoms with van der Waals surface area (Å²) in [6.07, 6.45) is 8.44. The smallest absolute Gasteiger partial charge is 0.242 e. The summed E-state index contributed by atoms with van der Waals surface area (Å²) in [5.74, 6) is 0.910. The molecule has 0 saturated heterocycles. The van der Waals surface area contributed by atoms with Crippen molar-refractivity contribution in [2.45, 2.75) is 71.3 Å². The van der Waals surface area contributed by atoms with Crippen LogP contribution in [0.4, 0.5) is 0 Å². The van der Waals surface area contributed by atoms with Crippen LogP contribution in [0.15, 0.2) is 35.7 Å². The molecule has 2 heterocycles. The normalized spacial score (nSPS) is 18.6. The van der Waals surface area contributed by atoms with Gasteiger partial charge in [-0.2, -0.15) is 0 Å². The van der Waals surface area contributed by atoms with E-state index in [2.05, 4.69) is 43.5 Å². The summed E-state index contributed by atoms with van der Waals surface area (Å²) in [5, 5.41) is 2.14. The zero-order valence-corrected chi connectivity index (χ0v) is 20.3.